The summed E-state index contributed by atoms with van der Waals surface area (Å²) in [6, 6.07) is 4.87. The van der Waals surface area contributed by atoms with E-state index in [-0.39, 0.29) is 18.5 Å². The van der Waals surface area contributed by atoms with Crippen LogP contribution in [0.5, 0.6) is 0 Å². The lowest BCUT2D eigenvalue weighted by Crippen LogP contribution is -2.57. The van der Waals surface area contributed by atoms with E-state index >= 15 is 0 Å². The summed E-state index contributed by atoms with van der Waals surface area (Å²) in [6.07, 6.45) is -2.20. The number of carbonyl (C=O) groups is 1. The monoisotopic (exact) mass is 449 g/mol. The highest BCUT2D eigenvalue weighted by Gasteiger charge is 2.31. The first-order valence-electron chi connectivity index (χ1n) is 10.9. The SMILES string of the molecule is CN=C(NCC#Cc1cccc(C(F)(F)F)c1)N1CCN(C(C)C(=O)N2CCCC2)CC1. The number of halogens is 3. The number of guanidine groups is 1. The van der Waals surface area contributed by atoms with Crippen molar-refractivity contribution in [3.05, 3.63) is 35.4 Å². The molecule has 2 fully saturated rings. The van der Waals surface area contributed by atoms with Crippen molar-refractivity contribution in [2.24, 2.45) is 4.99 Å². The Kier molecular flexibility index (Phi) is 8.02. The molecule has 0 saturated carbocycles. The summed E-state index contributed by atoms with van der Waals surface area (Å²) in [5.41, 5.74) is -0.384. The average molecular weight is 450 g/mol. The Bertz CT molecular complexity index is 876. The average Bonchev–Trinajstić information content (AvgIpc) is 3.33. The number of nitrogens with one attached hydrogen (secondary N) is 1. The van der Waals surface area contributed by atoms with Crippen LogP contribution in [0.4, 0.5) is 13.2 Å². The molecular formula is C23H30F3N5O. The fourth-order valence-corrected chi connectivity index (χ4v) is 4.05. The second-order valence-electron chi connectivity index (χ2n) is 8.01. The highest BCUT2D eigenvalue weighted by atomic mass is 19.4. The van der Waals surface area contributed by atoms with E-state index in [2.05, 4.69) is 31.9 Å². The van der Waals surface area contributed by atoms with Crippen molar-refractivity contribution in [2.45, 2.75) is 32.0 Å². The zero-order valence-corrected chi connectivity index (χ0v) is 18.6. The highest BCUT2D eigenvalue weighted by Crippen LogP contribution is 2.29. The lowest BCUT2D eigenvalue weighted by atomic mass is 10.1. The summed E-state index contributed by atoms with van der Waals surface area (Å²) in [5.74, 6) is 6.53. The van der Waals surface area contributed by atoms with Crippen LogP contribution in [0.2, 0.25) is 0 Å². The fourth-order valence-electron chi connectivity index (χ4n) is 4.05. The maximum absolute atomic E-state index is 12.8. The molecule has 1 N–H and O–H groups in total. The molecule has 1 aromatic carbocycles. The summed E-state index contributed by atoms with van der Waals surface area (Å²) < 4.78 is 38.4. The molecule has 3 rings (SSSR count). The molecular weight excluding hydrogens is 419 g/mol. The number of nitrogens with zero attached hydrogens (tertiary/aromatic N) is 4. The van der Waals surface area contributed by atoms with Gasteiger partial charge in [-0.1, -0.05) is 17.9 Å². The van der Waals surface area contributed by atoms with Crippen LogP contribution in [0.15, 0.2) is 29.3 Å². The third-order valence-corrected chi connectivity index (χ3v) is 5.91. The normalized spacial score (nSPS) is 18.8. The van der Waals surface area contributed by atoms with Crippen molar-refractivity contribution in [3.8, 4) is 11.8 Å². The van der Waals surface area contributed by atoms with E-state index in [1.54, 1.807) is 13.1 Å². The van der Waals surface area contributed by atoms with Gasteiger partial charge in [0.15, 0.2) is 5.96 Å². The van der Waals surface area contributed by atoms with Gasteiger partial charge in [-0.05, 0) is 38.0 Å². The van der Waals surface area contributed by atoms with Crippen LogP contribution in [-0.2, 0) is 11.0 Å². The smallest absolute Gasteiger partial charge is 0.345 e. The number of carbonyl (C=O) groups excluding carboxylic acids is 1. The number of rotatable bonds is 3. The standard InChI is InChI=1S/C23H30F3N5O/c1-18(21(32)30-11-3-4-12-30)29-13-15-31(16-14-29)22(27-2)28-10-6-8-19-7-5-9-20(17-19)23(24,25)26/h5,7,9,17-18H,3-4,10-16H2,1-2H3,(H,27,28). The van der Waals surface area contributed by atoms with Crippen LogP contribution < -0.4 is 5.32 Å². The first-order chi connectivity index (χ1) is 15.3. The van der Waals surface area contributed by atoms with Gasteiger partial charge in [-0.2, -0.15) is 13.2 Å². The van der Waals surface area contributed by atoms with Crippen molar-refractivity contribution in [2.75, 3.05) is 52.9 Å². The van der Waals surface area contributed by atoms with Crippen LogP contribution in [0.1, 0.15) is 30.9 Å². The second-order valence-corrected chi connectivity index (χ2v) is 8.01. The quantitative estimate of drug-likeness (QED) is 0.437. The summed E-state index contributed by atoms with van der Waals surface area (Å²) in [5, 5.41) is 3.15. The Morgan fingerprint density at radius 2 is 1.81 bits per heavy atom. The van der Waals surface area contributed by atoms with Gasteiger partial charge in [-0.3, -0.25) is 14.7 Å². The Hall–Kier alpha value is -2.73. The number of benzene rings is 1. The Morgan fingerprint density at radius 3 is 2.44 bits per heavy atom. The third kappa shape index (κ3) is 6.16. The molecule has 1 atom stereocenters. The van der Waals surface area contributed by atoms with Gasteiger partial charge in [0, 0.05) is 51.9 Å². The van der Waals surface area contributed by atoms with E-state index in [1.165, 1.54) is 6.07 Å². The number of piperazine rings is 1. The number of amides is 1. The molecule has 2 aliphatic heterocycles. The van der Waals surface area contributed by atoms with Gasteiger partial charge in [0.25, 0.3) is 0 Å². The van der Waals surface area contributed by atoms with Crippen LogP contribution >= 0.6 is 0 Å². The molecule has 2 aliphatic rings. The molecule has 0 aliphatic carbocycles. The number of likely N-dealkylation sites (tertiary alicyclic amines) is 1. The van der Waals surface area contributed by atoms with Crippen molar-refractivity contribution in [1.82, 2.24) is 20.0 Å². The number of aliphatic imine (C=N–C) groups is 1. The van der Waals surface area contributed by atoms with Crippen LogP contribution in [0.3, 0.4) is 0 Å². The van der Waals surface area contributed by atoms with Gasteiger partial charge in [-0.15, -0.1) is 0 Å². The summed E-state index contributed by atoms with van der Waals surface area (Å²) in [4.78, 5) is 23.2. The summed E-state index contributed by atoms with van der Waals surface area (Å²) in [7, 11) is 1.69. The highest BCUT2D eigenvalue weighted by molar-refractivity contribution is 5.82. The molecule has 0 spiro atoms. The third-order valence-electron chi connectivity index (χ3n) is 5.91. The zero-order chi connectivity index (χ0) is 23.1. The van der Waals surface area contributed by atoms with Gasteiger partial charge in [0.1, 0.15) is 0 Å². The first kappa shape index (κ1) is 23.9. The molecule has 0 bridgehead atoms. The topological polar surface area (TPSA) is 51.2 Å². The van der Waals surface area contributed by atoms with Crippen molar-refractivity contribution < 1.29 is 18.0 Å². The Balaban J connectivity index is 1.48. The van der Waals surface area contributed by atoms with E-state index < -0.39 is 11.7 Å². The second kappa shape index (κ2) is 10.7. The first-order valence-corrected chi connectivity index (χ1v) is 10.9. The number of hydrogen-bond acceptors (Lipinski definition) is 3. The number of alkyl halides is 3. The maximum Gasteiger partial charge on any atom is 0.416 e. The van der Waals surface area contributed by atoms with Crippen LogP contribution in [0.25, 0.3) is 0 Å². The van der Waals surface area contributed by atoms with Crippen molar-refractivity contribution in [3.63, 3.8) is 0 Å². The minimum Gasteiger partial charge on any atom is -0.345 e. The Labute approximate surface area is 187 Å². The fraction of sp³-hybridized carbons (Fsp3) is 0.565. The predicted octanol–water partition coefficient (Wildman–Crippen LogP) is 2.26. The Morgan fingerprint density at radius 1 is 1.12 bits per heavy atom. The molecule has 32 heavy (non-hydrogen) atoms. The van der Waals surface area contributed by atoms with E-state index in [1.807, 2.05) is 11.8 Å². The minimum atomic E-state index is -4.38. The lowest BCUT2D eigenvalue weighted by Gasteiger charge is -2.39. The maximum atomic E-state index is 12.8. The van der Waals surface area contributed by atoms with E-state index in [0.717, 1.165) is 64.2 Å². The molecule has 1 aromatic rings. The minimum absolute atomic E-state index is 0.122. The molecule has 174 valence electrons. The van der Waals surface area contributed by atoms with Gasteiger partial charge in [-0.25, -0.2) is 0 Å². The summed E-state index contributed by atoms with van der Waals surface area (Å²) >= 11 is 0. The molecule has 2 saturated heterocycles. The summed E-state index contributed by atoms with van der Waals surface area (Å²) in [6.45, 7) is 6.97. The molecule has 1 unspecified atom stereocenters. The van der Waals surface area contributed by atoms with Crippen LogP contribution in [0, 0.1) is 11.8 Å². The van der Waals surface area contributed by atoms with Crippen LogP contribution in [-0.4, -0.2) is 85.5 Å². The van der Waals surface area contributed by atoms with E-state index in [9.17, 15) is 18.0 Å². The molecule has 6 nitrogen and oxygen atoms in total. The molecule has 0 aromatic heterocycles. The van der Waals surface area contributed by atoms with Gasteiger partial charge in [0.05, 0.1) is 18.2 Å². The van der Waals surface area contributed by atoms with Crippen molar-refractivity contribution >= 4 is 11.9 Å². The molecule has 9 heteroatoms. The molecule has 1 amide bonds. The zero-order valence-electron chi connectivity index (χ0n) is 18.6. The largest absolute Gasteiger partial charge is 0.416 e. The molecule has 2 heterocycles. The van der Waals surface area contributed by atoms with E-state index in [0.29, 0.717) is 11.5 Å². The number of hydrogen-bond donors (Lipinski definition) is 1. The van der Waals surface area contributed by atoms with Gasteiger partial charge in [0.2, 0.25) is 5.91 Å². The van der Waals surface area contributed by atoms with Gasteiger partial charge < -0.3 is 15.1 Å². The van der Waals surface area contributed by atoms with E-state index in [4.69, 9.17) is 0 Å². The lowest BCUT2D eigenvalue weighted by molar-refractivity contribution is -0.137. The molecule has 0 radical (unpaired) electrons. The van der Waals surface area contributed by atoms with Gasteiger partial charge >= 0.3 is 6.18 Å². The van der Waals surface area contributed by atoms with Crippen molar-refractivity contribution in [1.29, 1.82) is 0 Å². The predicted molar refractivity (Wildman–Crippen MR) is 118 cm³/mol.